The third-order valence-electron chi connectivity index (χ3n) is 13.4. The van der Waals surface area contributed by atoms with E-state index in [9.17, 15) is 19.4 Å². The number of phosphoric acid groups is 1. The Morgan fingerprint density at radius 1 is 0.493 bits per heavy atom. The first-order valence-corrected chi connectivity index (χ1v) is 31.6. The zero-order chi connectivity index (χ0) is 52.0. The fourth-order valence-corrected chi connectivity index (χ4v) is 9.41. The summed E-state index contributed by atoms with van der Waals surface area (Å²) in [5, 5.41) is 13.9. The maximum Gasteiger partial charge on any atom is 0.268 e. The van der Waals surface area contributed by atoms with Gasteiger partial charge < -0.3 is 28.8 Å². The second-order valence-electron chi connectivity index (χ2n) is 21.7. The van der Waals surface area contributed by atoms with Crippen LogP contribution in [0.1, 0.15) is 277 Å². The number of aliphatic hydroxyl groups is 1. The van der Waals surface area contributed by atoms with Gasteiger partial charge in [0.15, 0.2) is 0 Å². The monoisotopic (exact) mass is 1020 g/mol. The molecule has 416 valence electrons. The van der Waals surface area contributed by atoms with Gasteiger partial charge >= 0.3 is 0 Å². The maximum atomic E-state index is 13.0. The fraction of sp³-hybridized carbons (Fsp3) is 0.823. The number of hydrogen-bond donors (Lipinski definition) is 2. The van der Waals surface area contributed by atoms with Crippen molar-refractivity contribution in [2.24, 2.45) is 0 Å². The molecule has 71 heavy (non-hydrogen) atoms. The van der Waals surface area contributed by atoms with Crippen LogP contribution >= 0.6 is 7.82 Å². The van der Waals surface area contributed by atoms with E-state index in [1.807, 2.05) is 27.2 Å². The van der Waals surface area contributed by atoms with Crippen LogP contribution in [0.5, 0.6) is 0 Å². The minimum absolute atomic E-state index is 0.00955. The van der Waals surface area contributed by atoms with E-state index in [1.165, 1.54) is 205 Å². The molecule has 0 aromatic rings. The molecule has 1 amide bonds. The van der Waals surface area contributed by atoms with Crippen molar-refractivity contribution in [3.63, 3.8) is 0 Å². The number of unbranched alkanes of at least 4 members (excludes halogenated alkanes) is 34. The van der Waals surface area contributed by atoms with Gasteiger partial charge in [0.2, 0.25) is 5.91 Å². The second kappa shape index (κ2) is 53.0. The molecule has 0 saturated heterocycles. The zero-order valence-corrected chi connectivity index (χ0v) is 48.3. The number of aliphatic hydroxyl groups excluding tert-OH is 1. The van der Waals surface area contributed by atoms with E-state index in [1.54, 1.807) is 6.08 Å². The first kappa shape index (κ1) is 69.2. The number of nitrogens with one attached hydrogen (secondary N) is 1. The van der Waals surface area contributed by atoms with Crippen molar-refractivity contribution in [1.29, 1.82) is 0 Å². The first-order chi connectivity index (χ1) is 34.5. The Balaban J connectivity index is 4.19. The molecule has 0 saturated carbocycles. The SMILES string of the molecule is CCCCCCC/C=C\C/C=C\CCCCCCCCCCCCCCCCCCCC(=O)NC(COP(=O)([O-])OCC[N+](C)(C)C)C(O)/C=C/CC/C=C/CC/C=C/CCCCCCCCCCCC. The summed E-state index contributed by atoms with van der Waals surface area (Å²) in [6.45, 7) is 4.63. The molecule has 0 aromatic heterocycles. The molecular weight excluding hydrogens is 900 g/mol. The summed E-state index contributed by atoms with van der Waals surface area (Å²) in [7, 11) is 1.24. The van der Waals surface area contributed by atoms with Crippen molar-refractivity contribution in [1.82, 2.24) is 5.32 Å². The summed E-state index contributed by atoms with van der Waals surface area (Å²) in [5.41, 5.74) is 0. The highest BCUT2D eigenvalue weighted by atomic mass is 31.2. The van der Waals surface area contributed by atoms with Crippen LogP contribution in [0.4, 0.5) is 0 Å². The number of nitrogens with zero attached hydrogens (tertiary/aromatic N) is 1. The Bertz CT molecular complexity index is 1340. The lowest BCUT2D eigenvalue weighted by Crippen LogP contribution is -2.45. The average molecular weight is 1020 g/mol. The quantitative estimate of drug-likeness (QED) is 0.0272. The summed E-state index contributed by atoms with van der Waals surface area (Å²) in [5.74, 6) is -0.209. The molecule has 0 radical (unpaired) electrons. The normalized spacial score (nSPS) is 14.3. The van der Waals surface area contributed by atoms with Crippen LogP contribution in [0, 0.1) is 0 Å². The van der Waals surface area contributed by atoms with Gasteiger partial charge in [-0.25, -0.2) is 0 Å². The molecule has 3 unspecified atom stereocenters. The van der Waals surface area contributed by atoms with E-state index in [-0.39, 0.29) is 12.5 Å². The van der Waals surface area contributed by atoms with E-state index in [0.29, 0.717) is 17.4 Å². The van der Waals surface area contributed by atoms with Crippen molar-refractivity contribution in [3.05, 3.63) is 60.8 Å². The predicted octanol–water partition coefficient (Wildman–Crippen LogP) is 17.9. The highest BCUT2D eigenvalue weighted by Crippen LogP contribution is 2.38. The minimum atomic E-state index is -4.61. The Hall–Kier alpha value is -1.80. The van der Waals surface area contributed by atoms with E-state index in [4.69, 9.17) is 9.05 Å². The van der Waals surface area contributed by atoms with Gasteiger partial charge in [0.05, 0.1) is 39.9 Å². The number of rotatable bonds is 55. The van der Waals surface area contributed by atoms with Gasteiger partial charge in [-0.3, -0.25) is 9.36 Å². The smallest absolute Gasteiger partial charge is 0.268 e. The lowest BCUT2D eigenvalue weighted by Gasteiger charge is -2.29. The number of amides is 1. The molecule has 0 aliphatic rings. The lowest BCUT2D eigenvalue weighted by molar-refractivity contribution is -0.870. The number of carbonyl (C=O) groups excluding carboxylic acids is 1. The molecule has 0 spiro atoms. The number of quaternary nitrogens is 1. The van der Waals surface area contributed by atoms with Gasteiger partial charge in [-0.1, -0.05) is 254 Å². The number of phosphoric ester groups is 1. The standard InChI is InChI=1S/C62H117N2O6P/c1-6-8-10-12-14-16-18-20-22-24-26-28-29-30-31-32-33-34-35-36-38-40-42-44-46-48-50-52-54-56-62(66)63-60(59-70-71(67,68)69-58-57-64(3,4)5)61(65)55-53-51-49-47-45-43-41-39-37-27-25-23-21-19-17-15-13-11-9-7-2/h18,20,24,26,37,39,45,47,53,55,60-61,65H,6-17,19,21-23,25,27-36,38,40-44,46,48-52,54,56-59H2,1-5H3,(H-,63,66,67,68)/b20-18-,26-24-,39-37+,47-45+,55-53+. The van der Waals surface area contributed by atoms with Crippen molar-refractivity contribution >= 4 is 13.7 Å². The van der Waals surface area contributed by atoms with Gasteiger partial charge in [-0.2, -0.15) is 0 Å². The second-order valence-corrected chi connectivity index (χ2v) is 23.1. The van der Waals surface area contributed by atoms with E-state index in [0.717, 1.165) is 51.4 Å². The molecule has 0 aliphatic carbocycles. The molecule has 0 heterocycles. The van der Waals surface area contributed by atoms with Gasteiger partial charge in [-0.05, 0) is 77.0 Å². The van der Waals surface area contributed by atoms with Gasteiger partial charge in [0.1, 0.15) is 13.2 Å². The summed E-state index contributed by atoms with van der Waals surface area (Å²) < 4.78 is 23.3. The Kier molecular flexibility index (Phi) is 51.7. The Labute approximate surface area is 441 Å². The largest absolute Gasteiger partial charge is 0.756 e. The molecule has 9 heteroatoms. The molecule has 0 aromatic carbocycles. The molecule has 0 bridgehead atoms. The van der Waals surface area contributed by atoms with Crippen molar-refractivity contribution in [3.8, 4) is 0 Å². The maximum absolute atomic E-state index is 13.0. The van der Waals surface area contributed by atoms with E-state index in [2.05, 4.69) is 67.8 Å². The molecule has 3 atom stereocenters. The molecule has 0 aliphatic heterocycles. The van der Waals surface area contributed by atoms with Gasteiger partial charge in [0.25, 0.3) is 7.82 Å². The Morgan fingerprint density at radius 3 is 1.23 bits per heavy atom. The van der Waals surface area contributed by atoms with Gasteiger partial charge in [0, 0.05) is 6.42 Å². The minimum Gasteiger partial charge on any atom is -0.756 e. The van der Waals surface area contributed by atoms with Crippen LogP contribution in [0.25, 0.3) is 0 Å². The summed E-state index contributed by atoms with van der Waals surface area (Å²) in [4.78, 5) is 25.5. The highest BCUT2D eigenvalue weighted by molar-refractivity contribution is 7.45. The predicted molar refractivity (Wildman–Crippen MR) is 307 cm³/mol. The number of carbonyl (C=O) groups is 1. The van der Waals surface area contributed by atoms with Crippen LogP contribution in [-0.4, -0.2) is 68.5 Å². The molecule has 0 fully saturated rings. The topological polar surface area (TPSA) is 108 Å². The number of likely N-dealkylation sites (N-methyl/N-ethyl adjacent to an activating group) is 1. The van der Waals surface area contributed by atoms with Crippen LogP contribution in [-0.2, 0) is 18.4 Å². The molecule has 8 nitrogen and oxygen atoms in total. The third-order valence-corrected chi connectivity index (χ3v) is 14.4. The first-order valence-electron chi connectivity index (χ1n) is 30.2. The van der Waals surface area contributed by atoms with Crippen LogP contribution in [0.3, 0.4) is 0 Å². The van der Waals surface area contributed by atoms with Gasteiger partial charge in [-0.15, -0.1) is 0 Å². The summed E-state index contributed by atoms with van der Waals surface area (Å²) >= 11 is 0. The summed E-state index contributed by atoms with van der Waals surface area (Å²) in [6.07, 6.45) is 71.7. The van der Waals surface area contributed by atoms with E-state index < -0.39 is 26.6 Å². The molecule has 2 N–H and O–H groups in total. The van der Waals surface area contributed by atoms with Crippen LogP contribution in [0.2, 0.25) is 0 Å². The fourth-order valence-electron chi connectivity index (χ4n) is 8.69. The zero-order valence-electron chi connectivity index (χ0n) is 47.4. The van der Waals surface area contributed by atoms with Crippen LogP contribution in [0.15, 0.2) is 60.8 Å². The molecular formula is C62H117N2O6P. The summed E-state index contributed by atoms with van der Waals surface area (Å²) in [6, 6.07) is -0.911. The van der Waals surface area contributed by atoms with Crippen molar-refractivity contribution < 1.29 is 32.9 Å². The molecule has 0 rings (SSSR count). The van der Waals surface area contributed by atoms with Crippen LogP contribution < -0.4 is 10.2 Å². The number of hydrogen-bond acceptors (Lipinski definition) is 6. The number of allylic oxidation sites excluding steroid dienone is 9. The average Bonchev–Trinajstić information content (AvgIpc) is 3.33. The van der Waals surface area contributed by atoms with Crippen molar-refractivity contribution in [2.75, 3.05) is 40.9 Å². The third kappa shape index (κ3) is 55.8. The van der Waals surface area contributed by atoms with Crippen molar-refractivity contribution in [2.45, 2.75) is 289 Å². The lowest BCUT2D eigenvalue weighted by atomic mass is 10.0. The van der Waals surface area contributed by atoms with E-state index >= 15 is 0 Å². The highest BCUT2D eigenvalue weighted by Gasteiger charge is 2.23. The Morgan fingerprint density at radius 2 is 0.831 bits per heavy atom.